The van der Waals surface area contributed by atoms with Crippen LogP contribution in [0.2, 0.25) is 0 Å². The molecule has 1 aromatic rings. The Kier molecular flexibility index (Phi) is 37.1. The molecule has 0 aliphatic carbocycles. The highest BCUT2D eigenvalue weighted by Gasteiger charge is 2.25. The Labute approximate surface area is 396 Å². The third-order valence-corrected chi connectivity index (χ3v) is 12.9. The first kappa shape index (κ1) is 59.4. The molecule has 2 unspecified atom stereocenters. The predicted octanol–water partition coefficient (Wildman–Crippen LogP) is 12.3. The third kappa shape index (κ3) is 34.4. The molecule has 0 heterocycles. The van der Waals surface area contributed by atoms with Gasteiger partial charge in [0.25, 0.3) is 5.91 Å². The number of esters is 2. The van der Waals surface area contributed by atoms with E-state index in [0.717, 1.165) is 44.1 Å². The number of amides is 2. The van der Waals surface area contributed by atoms with E-state index in [9.17, 15) is 33.9 Å². The van der Waals surface area contributed by atoms with Gasteiger partial charge in [0, 0.05) is 49.3 Å². The number of carboxylic acid groups (broad SMARTS) is 2. The molecule has 65 heavy (non-hydrogen) atoms. The second-order valence-electron chi connectivity index (χ2n) is 17.8. The average molecular weight is 933 g/mol. The van der Waals surface area contributed by atoms with Gasteiger partial charge in [0.05, 0.1) is 0 Å². The van der Waals surface area contributed by atoms with Crippen molar-refractivity contribution in [1.82, 2.24) is 10.6 Å². The SMILES string of the molecule is CCCCCCCCCCCCCCCC(=O)OC(C)C(CSCCC(=O)NCc1ccc(C(=O)N[C@@H](CCC(=O)O)C(=O)O)cc1)OC(=O)CCCCCCCCCCCCCCC. The number of ether oxygens (including phenoxy) is 2. The van der Waals surface area contributed by atoms with Gasteiger partial charge in [-0.3, -0.25) is 24.0 Å². The maximum Gasteiger partial charge on any atom is 0.326 e. The summed E-state index contributed by atoms with van der Waals surface area (Å²) in [5.41, 5.74) is 0.935. The zero-order valence-electron chi connectivity index (χ0n) is 40.7. The van der Waals surface area contributed by atoms with Crippen molar-refractivity contribution in [2.75, 3.05) is 11.5 Å². The molecular formula is C52H88N2O10S. The molecule has 0 saturated heterocycles. The molecule has 0 bridgehead atoms. The second-order valence-corrected chi connectivity index (χ2v) is 19.0. The zero-order valence-corrected chi connectivity index (χ0v) is 41.5. The molecule has 2 amide bonds. The second kappa shape index (κ2) is 40.6. The molecule has 0 aromatic heterocycles. The average Bonchev–Trinajstić information content (AvgIpc) is 3.28. The lowest BCUT2D eigenvalue weighted by Crippen LogP contribution is -2.41. The summed E-state index contributed by atoms with van der Waals surface area (Å²) in [7, 11) is 0. The molecule has 0 saturated carbocycles. The molecule has 4 N–H and O–H groups in total. The topological polar surface area (TPSA) is 185 Å². The van der Waals surface area contributed by atoms with Gasteiger partial charge in [-0.2, -0.15) is 11.8 Å². The number of aliphatic carboxylic acids is 2. The summed E-state index contributed by atoms with van der Waals surface area (Å²) in [6.07, 6.45) is 30.8. The molecule has 372 valence electrons. The Morgan fingerprint density at radius 1 is 0.569 bits per heavy atom. The summed E-state index contributed by atoms with van der Waals surface area (Å²) in [5.74, 6) is -3.03. The number of hydrogen-bond donors (Lipinski definition) is 4. The van der Waals surface area contributed by atoms with Crippen molar-refractivity contribution < 1.29 is 48.5 Å². The summed E-state index contributed by atoms with van der Waals surface area (Å²) in [4.78, 5) is 73.4. The van der Waals surface area contributed by atoms with Crippen molar-refractivity contribution in [2.45, 2.75) is 245 Å². The fourth-order valence-electron chi connectivity index (χ4n) is 7.60. The van der Waals surface area contributed by atoms with E-state index in [0.29, 0.717) is 24.3 Å². The maximum atomic E-state index is 13.0. The van der Waals surface area contributed by atoms with Gasteiger partial charge in [0.15, 0.2) is 0 Å². The summed E-state index contributed by atoms with van der Waals surface area (Å²) >= 11 is 1.46. The van der Waals surface area contributed by atoms with E-state index in [4.69, 9.17) is 14.6 Å². The summed E-state index contributed by atoms with van der Waals surface area (Å²) in [6, 6.07) is 4.99. The minimum atomic E-state index is -1.33. The Morgan fingerprint density at radius 2 is 1.00 bits per heavy atom. The van der Waals surface area contributed by atoms with Crippen molar-refractivity contribution >= 4 is 47.5 Å². The minimum absolute atomic E-state index is 0.185. The number of carbonyl (C=O) groups is 6. The van der Waals surface area contributed by atoms with E-state index in [2.05, 4.69) is 24.5 Å². The van der Waals surface area contributed by atoms with Gasteiger partial charge < -0.3 is 30.3 Å². The van der Waals surface area contributed by atoms with E-state index in [1.165, 1.54) is 152 Å². The normalized spacial score (nSPS) is 12.5. The smallest absolute Gasteiger partial charge is 0.326 e. The molecule has 1 rings (SSSR count). The number of thioether (sulfide) groups is 1. The van der Waals surface area contributed by atoms with E-state index < -0.39 is 42.5 Å². The van der Waals surface area contributed by atoms with Gasteiger partial charge >= 0.3 is 23.9 Å². The summed E-state index contributed by atoms with van der Waals surface area (Å²) in [6.45, 7) is 6.49. The minimum Gasteiger partial charge on any atom is -0.481 e. The summed E-state index contributed by atoms with van der Waals surface area (Å²) < 4.78 is 11.7. The first-order valence-corrected chi connectivity index (χ1v) is 26.7. The monoisotopic (exact) mass is 933 g/mol. The Hall–Kier alpha value is -3.61. The van der Waals surface area contributed by atoms with Crippen LogP contribution in [0.5, 0.6) is 0 Å². The lowest BCUT2D eigenvalue weighted by Gasteiger charge is -2.24. The Morgan fingerprint density at radius 3 is 1.43 bits per heavy atom. The van der Waals surface area contributed by atoms with Gasteiger partial charge in [0.2, 0.25) is 5.91 Å². The van der Waals surface area contributed by atoms with Crippen molar-refractivity contribution in [3.8, 4) is 0 Å². The lowest BCUT2D eigenvalue weighted by atomic mass is 10.0. The quantitative estimate of drug-likeness (QED) is 0.0360. The number of rotatable bonds is 44. The lowest BCUT2D eigenvalue weighted by molar-refractivity contribution is -0.165. The molecule has 3 atom stereocenters. The summed E-state index contributed by atoms with van der Waals surface area (Å²) in [5, 5.41) is 23.4. The van der Waals surface area contributed by atoms with Crippen LogP contribution in [0.25, 0.3) is 0 Å². The largest absolute Gasteiger partial charge is 0.481 e. The van der Waals surface area contributed by atoms with Crippen LogP contribution in [0.3, 0.4) is 0 Å². The standard InChI is InChI=1S/C52H88N2O10S/c1-4-6-8-10-12-14-16-18-20-22-24-26-28-30-49(58)63-42(3)46(64-50(59)31-29-27-25-23-21-19-17-15-13-11-9-7-5-2)41-65-39-38-47(55)53-40-43-32-34-44(35-33-43)51(60)54-45(52(61)62)36-37-48(56)57/h32-35,42,45-46H,4-31,36-41H2,1-3H3,(H,53,55)(H,54,60)(H,56,57)(H,61,62)/t42?,45-,46?/m0/s1. The molecular weight excluding hydrogens is 845 g/mol. The number of benzene rings is 1. The van der Waals surface area contributed by atoms with Crippen LogP contribution in [0.1, 0.15) is 236 Å². The Balaban J connectivity index is 2.52. The van der Waals surface area contributed by atoms with Crippen LogP contribution in [-0.4, -0.2) is 75.7 Å². The number of unbranched alkanes of at least 4 members (excludes halogenated alkanes) is 24. The highest BCUT2D eigenvalue weighted by Crippen LogP contribution is 2.19. The van der Waals surface area contributed by atoms with Gasteiger partial charge in [0.1, 0.15) is 18.2 Å². The fourth-order valence-corrected chi connectivity index (χ4v) is 8.67. The molecule has 0 radical (unpaired) electrons. The number of hydrogen-bond acceptors (Lipinski definition) is 9. The third-order valence-electron chi connectivity index (χ3n) is 11.8. The number of carbonyl (C=O) groups excluding carboxylic acids is 4. The zero-order chi connectivity index (χ0) is 47.8. The highest BCUT2D eigenvalue weighted by atomic mass is 32.2. The molecule has 12 nitrogen and oxygen atoms in total. The van der Waals surface area contributed by atoms with Crippen LogP contribution in [0.4, 0.5) is 0 Å². The molecule has 13 heteroatoms. The van der Waals surface area contributed by atoms with Gasteiger partial charge in [-0.1, -0.05) is 180 Å². The molecule has 0 aliphatic heterocycles. The Bertz CT molecular complexity index is 1420. The van der Waals surface area contributed by atoms with Crippen molar-refractivity contribution in [2.24, 2.45) is 0 Å². The van der Waals surface area contributed by atoms with Crippen molar-refractivity contribution in [1.29, 1.82) is 0 Å². The predicted molar refractivity (Wildman–Crippen MR) is 262 cm³/mol. The van der Waals surface area contributed by atoms with Gasteiger partial charge in [-0.15, -0.1) is 0 Å². The van der Waals surface area contributed by atoms with E-state index in [1.54, 1.807) is 19.1 Å². The van der Waals surface area contributed by atoms with Crippen molar-refractivity contribution in [3.63, 3.8) is 0 Å². The van der Waals surface area contributed by atoms with E-state index in [1.807, 2.05) is 0 Å². The maximum absolute atomic E-state index is 13.0. The highest BCUT2D eigenvalue weighted by molar-refractivity contribution is 7.99. The molecule has 0 fully saturated rings. The fraction of sp³-hybridized carbons (Fsp3) is 0.769. The first-order chi connectivity index (χ1) is 31.5. The van der Waals surface area contributed by atoms with Gasteiger partial charge in [-0.25, -0.2) is 4.79 Å². The van der Waals surface area contributed by atoms with Crippen LogP contribution in [0, 0.1) is 0 Å². The molecule has 1 aromatic carbocycles. The molecule has 0 spiro atoms. The van der Waals surface area contributed by atoms with Gasteiger partial charge in [-0.05, 0) is 43.9 Å². The van der Waals surface area contributed by atoms with E-state index in [-0.39, 0.29) is 42.8 Å². The van der Waals surface area contributed by atoms with Crippen LogP contribution in [-0.2, 0) is 40.0 Å². The van der Waals surface area contributed by atoms with Crippen LogP contribution < -0.4 is 10.6 Å². The van der Waals surface area contributed by atoms with Crippen molar-refractivity contribution in [3.05, 3.63) is 35.4 Å². The molecule has 0 aliphatic rings. The number of carboxylic acids is 2. The van der Waals surface area contributed by atoms with Crippen LogP contribution >= 0.6 is 11.8 Å². The van der Waals surface area contributed by atoms with Crippen LogP contribution in [0.15, 0.2) is 24.3 Å². The first-order valence-electron chi connectivity index (χ1n) is 25.5. The number of nitrogens with one attached hydrogen (secondary N) is 2. The van der Waals surface area contributed by atoms with E-state index >= 15 is 0 Å².